The number of nitrogens with zero attached hydrogens (tertiary/aromatic N) is 5. The van der Waals surface area contributed by atoms with Crippen LogP contribution in [0.2, 0.25) is 0 Å². The molecular formula is C58H40N6O2. The molecule has 4 heterocycles. The summed E-state index contributed by atoms with van der Waals surface area (Å²) in [5, 5.41) is 10.3. The summed E-state index contributed by atoms with van der Waals surface area (Å²) < 4.78 is 14.9. The maximum atomic E-state index is 6.51. The second-order valence-electron chi connectivity index (χ2n) is 16.9. The van der Waals surface area contributed by atoms with Gasteiger partial charge in [0.25, 0.3) is 0 Å². The Morgan fingerprint density at radius 3 is 1.86 bits per heavy atom. The van der Waals surface area contributed by atoms with Gasteiger partial charge >= 0.3 is 0 Å². The van der Waals surface area contributed by atoms with E-state index in [1.165, 1.54) is 11.1 Å². The number of hydrazine groups is 1. The van der Waals surface area contributed by atoms with E-state index in [0.29, 0.717) is 5.82 Å². The zero-order valence-corrected chi connectivity index (χ0v) is 35.7. The molecule has 0 spiro atoms. The molecule has 1 unspecified atom stereocenters. The smallest absolute Gasteiger partial charge is 0.182 e. The van der Waals surface area contributed by atoms with Gasteiger partial charge in [0.2, 0.25) is 0 Å². The van der Waals surface area contributed by atoms with Crippen LogP contribution >= 0.6 is 0 Å². The molecule has 1 atom stereocenters. The lowest BCUT2D eigenvalue weighted by Gasteiger charge is -2.22. The Bertz CT molecular complexity index is 3680. The largest absolute Gasteiger partial charge is 0.460 e. The lowest BCUT2D eigenvalue weighted by molar-refractivity contribution is 0.547. The second kappa shape index (κ2) is 15.6. The van der Waals surface area contributed by atoms with E-state index in [9.17, 15) is 0 Å². The first-order valence-electron chi connectivity index (χ1n) is 22.3. The van der Waals surface area contributed by atoms with Gasteiger partial charge in [-0.25, -0.2) is 14.7 Å². The average molecular weight is 853 g/mol. The molecule has 8 aromatic carbocycles. The highest BCUT2D eigenvalue weighted by atomic mass is 16.3. The molecule has 2 aliphatic rings. The number of aliphatic imine (C=N–C) groups is 1. The predicted octanol–water partition coefficient (Wildman–Crippen LogP) is 13.9. The highest BCUT2D eigenvalue weighted by Gasteiger charge is 2.29. The summed E-state index contributed by atoms with van der Waals surface area (Å²) in [6, 6.07) is 69.1. The Labute approximate surface area is 380 Å². The minimum absolute atomic E-state index is 0.207. The van der Waals surface area contributed by atoms with E-state index in [-0.39, 0.29) is 6.17 Å². The summed E-state index contributed by atoms with van der Waals surface area (Å²) in [5.41, 5.74) is 18.1. The van der Waals surface area contributed by atoms with E-state index in [0.717, 1.165) is 113 Å². The summed E-state index contributed by atoms with van der Waals surface area (Å²) in [4.78, 5) is 10.2. The van der Waals surface area contributed by atoms with Crippen molar-refractivity contribution in [3.05, 3.63) is 228 Å². The first kappa shape index (κ1) is 37.9. The number of fused-ring (bicyclic) bond motifs is 6. The van der Waals surface area contributed by atoms with Crippen LogP contribution < -0.4 is 10.4 Å². The Morgan fingerprint density at radius 1 is 0.485 bits per heavy atom. The van der Waals surface area contributed by atoms with Crippen LogP contribution in [0.15, 0.2) is 214 Å². The lowest BCUT2D eigenvalue weighted by atomic mass is 9.90. The van der Waals surface area contributed by atoms with Gasteiger partial charge in [0.15, 0.2) is 17.5 Å². The van der Waals surface area contributed by atoms with Gasteiger partial charge in [-0.2, -0.15) is 5.43 Å². The Kier molecular flexibility index (Phi) is 8.96. The van der Waals surface area contributed by atoms with E-state index in [1.54, 1.807) is 0 Å². The molecule has 1 aliphatic carbocycles. The van der Waals surface area contributed by atoms with Crippen LogP contribution in [0.4, 0.5) is 5.69 Å². The first-order chi connectivity index (χ1) is 32.7. The molecule has 0 fully saturated rings. The number of aromatic nitrogens is 3. The monoisotopic (exact) mass is 852 g/mol. The molecule has 11 aromatic rings. The molecule has 0 amide bonds. The third kappa shape index (κ3) is 6.62. The third-order valence-corrected chi connectivity index (χ3v) is 12.8. The number of nitrogens with one attached hydrogen (secondary N) is 1. The van der Waals surface area contributed by atoms with Crippen molar-refractivity contribution in [2.75, 3.05) is 5.01 Å². The fourth-order valence-corrected chi connectivity index (χ4v) is 9.48. The minimum Gasteiger partial charge on any atom is -0.460 e. The van der Waals surface area contributed by atoms with Crippen LogP contribution in [0.1, 0.15) is 40.6 Å². The van der Waals surface area contributed by atoms with E-state index in [2.05, 4.69) is 150 Å². The number of allylic oxidation sites excluding steroid dienone is 1. The van der Waals surface area contributed by atoms with Gasteiger partial charge in [0, 0.05) is 44.8 Å². The van der Waals surface area contributed by atoms with E-state index >= 15 is 0 Å². The molecule has 314 valence electrons. The number of benzene rings is 8. The van der Waals surface area contributed by atoms with Gasteiger partial charge in [-0.1, -0.05) is 146 Å². The van der Waals surface area contributed by atoms with Crippen LogP contribution in [0.3, 0.4) is 0 Å². The SMILES string of the molecule is C1=C(c2cccc(-c3ccc4oc5ccc(-n6nc(-c7ccccc7)nc6-c6ccccc6)cc5c4c3)c2)CCc2oc3ccc(N4NC(c5ccccc5)N=C4c4ccccc4)cc3c21. The predicted molar refractivity (Wildman–Crippen MR) is 265 cm³/mol. The quantitative estimate of drug-likeness (QED) is 0.164. The van der Waals surface area contributed by atoms with Gasteiger partial charge in [-0.05, 0) is 94.9 Å². The van der Waals surface area contributed by atoms with Gasteiger partial charge in [0.1, 0.15) is 28.7 Å². The number of furan rings is 2. The normalized spacial score (nSPS) is 14.8. The van der Waals surface area contributed by atoms with Crippen molar-refractivity contribution in [3.8, 4) is 39.6 Å². The molecule has 3 aromatic heterocycles. The molecule has 13 rings (SSSR count). The fraction of sp³-hybridized carbons (Fsp3) is 0.0517. The van der Waals surface area contributed by atoms with Crippen LogP contribution in [-0.2, 0) is 6.42 Å². The van der Waals surface area contributed by atoms with E-state index in [1.807, 2.05) is 71.4 Å². The standard InChI is InChI=1S/C58H40N6O2/c1-5-14-37(15-6-1)55-59-57(39-18-9-3-10-19-39)63(61-55)45-26-30-53-49(35-45)47-33-43(24-28-51(47)65-53)41-22-13-23-42(32-41)44-25-29-52-48(34-44)50-36-46(27-31-54(50)66-52)64-58(40-20-11-4-12-21-40)60-56(62-64)38-16-7-2-8-17-38/h1-24,26-28,30-36,56,62H,25,29H2. The maximum absolute atomic E-state index is 6.51. The van der Waals surface area contributed by atoms with Crippen molar-refractivity contribution in [2.24, 2.45) is 4.99 Å². The molecule has 1 aliphatic heterocycles. The lowest BCUT2D eigenvalue weighted by Crippen LogP contribution is -2.38. The average Bonchev–Trinajstić information content (AvgIpc) is 4.20. The molecule has 0 bridgehead atoms. The van der Waals surface area contributed by atoms with Crippen molar-refractivity contribution in [1.29, 1.82) is 0 Å². The van der Waals surface area contributed by atoms with Crippen LogP contribution in [0.25, 0.3) is 84.1 Å². The molecular weight excluding hydrogens is 813 g/mol. The van der Waals surface area contributed by atoms with Crippen LogP contribution in [0, 0.1) is 0 Å². The van der Waals surface area contributed by atoms with Crippen molar-refractivity contribution >= 4 is 56.1 Å². The number of hydrogen-bond donors (Lipinski definition) is 1. The third-order valence-electron chi connectivity index (χ3n) is 12.8. The number of aryl methyl sites for hydroxylation is 1. The number of hydrogen-bond acceptors (Lipinski definition) is 7. The van der Waals surface area contributed by atoms with Gasteiger partial charge in [-0.15, -0.1) is 5.10 Å². The van der Waals surface area contributed by atoms with Crippen molar-refractivity contribution in [1.82, 2.24) is 20.2 Å². The highest BCUT2D eigenvalue weighted by molar-refractivity contribution is 6.12. The molecule has 0 saturated heterocycles. The van der Waals surface area contributed by atoms with Gasteiger partial charge in [-0.3, -0.25) is 5.01 Å². The summed E-state index contributed by atoms with van der Waals surface area (Å²) in [5.74, 6) is 3.35. The van der Waals surface area contributed by atoms with Crippen LogP contribution in [-0.4, -0.2) is 20.6 Å². The summed E-state index contributed by atoms with van der Waals surface area (Å²) in [7, 11) is 0. The molecule has 0 radical (unpaired) electrons. The van der Waals surface area contributed by atoms with E-state index in [4.69, 9.17) is 23.9 Å². The molecule has 0 saturated carbocycles. The molecule has 8 nitrogen and oxygen atoms in total. The minimum atomic E-state index is -0.207. The first-order valence-corrected chi connectivity index (χ1v) is 22.3. The highest BCUT2D eigenvalue weighted by Crippen LogP contribution is 2.41. The number of amidine groups is 1. The summed E-state index contributed by atoms with van der Waals surface area (Å²) >= 11 is 0. The zero-order chi connectivity index (χ0) is 43.6. The van der Waals surface area contributed by atoms with E-state index < -0.39 is 0 Å². The van der Waals surface area contributed by atoms with Crippen molar-refractivity contribution < 1.29 is 8.83 Å². The number of anilines is 1. The molecule has 1 N–H and O–H groups in total. The van der Waals surface area contributed by atoms with Gasteiger partial charge < -0.3 is 8.83 Å². The second-order valence-corrected chi connectivity index (χ2v) is 16.9. The Balaban J connectivity index is 0.841. The maximum Gasteiger partial charge on any atom is 0.182 e. The zero-order valence-electron chi connectivity index (χ0n) is 35.7. The fourth-order valence-electron chi connectivity index (χ4n) is 9.48. The van der Waals surface area contributed by atoms with Crippen molar-refractivity contribution in [2.45, 2.75) is 19.0 Å². The molecule has 8 heteroatoms. The Morgan fingerprint density at radius 2 is 1.09 bits per heavy atom. The Hall–Kier alpha value is -8.59. The topological polar surface area (TPSA) is 84.6 Å². The number of rotatable bonds is 8. The van der Waals surface area contributed by atoms with Crippen molar-refractivity contribution in [3.63, 3.8) is 0 Å². The van der Waals surface area contributed by atoms with Gasteiger partial charge in [0.05, 0.1) is 11.4 Å². The molecule has 66 heavy (non-hydrogen) atoms. The van der Waals surface area contributed by atoms with Crippen LogP contribution in [0.5, 0.6) is 0 Å². The summed E-state index contributed by atoms with van der Waals surface area (Å²) in [6.07, 6.45) is 3.83. The summed E-state index contributed by atoms with van der Waals surface area (Å²) in [6.45, 7) is 0.